The lowest BCUT2D eigenvalue weighted by Gasteiger charge is -2.14. The van der Waals surface area contributed by atoms with Crippen molar-refractivity contribution in [3.63, 3.8) is 0 Å². The first-order chi connectivity index (χ1) is 8.38. The number of nitrogens with zero attached hydrogens (tertiary/aromatic N) is 1. The number of rotatable bonds is 3. The topological polar surface area (TPSA) is 29.3 Å². The van der Waals surface area contributed by atoms with Crippen LogP contribution < -0.4 is 5.73 Å². The van der Waals surface area contributed by atoms with E-state index in [-0.39, 0.29) is 0 Å². The van der Waals surface area contributed by atoms with Crippen LogP contribution in [0.25, 0.3) is 0 Å². The number of hydrogen-bond acceptors (Lipinski definition) is 2. The Morgan fingerprint density at radius 1 is 1.24 bits per heavy atom. The largest absolute Gasteiger partial charge is 0.330 e. The fraction of sp³-hybridized carbons (Fsp3) is 0.467. The van der Waals surface area contributed by atoms with Gasteiger partial charge in [0, 0.05) is 25.1 Å². The van der Waals surface area contributed by atoms with E-state index in [1.54, 1.807) is 0 Å². The lowest BCUT2D eigenvalue weighted by atomic mass is 10.1. The standard InChI is InChI=1S/C15H20N2/c16-9-2-1-6-14-7-5-8-15(12-14)13-17-10-3-4-11-17/h5,7-8,12H,2-4,9-11,13,16H2. The summed E-state index contributed by atoms with van der Waals surface area (Å²) in [5.74, 6) is 6.25. The van der Waals surface area contributed by atoms with E-state index in [2.05, 4.69) is 41.0 Å². The van der Waals surface area contributed by atoms with Crippen molar-refractivity contribution in [2.75, 3.05) is 19.6 Å². The second-order valence-corrected chi connectivity index (χ2v) is 4.52. The van der Waals surface area contributed by atoms with E-state index >= 15 is 0 Å². The summed E-state index contributed by atoms with van der Waals surface area (Å²) in [5.41, 5.74) is 7.90. The van der Waals surface area contributed by atoms with Gasteiger partial charge in [-0.15, -0.1) is 0 Å². The van der Waals surface area contributed by atoms with Crippen LogP contribution in [0.5, 0.6) is 0 Å². The Morgan fingerprint density at radius 3 is 2.82 bits per heavy atom. The van der Waals surface area contributed by atoms with Gasteiger partial charge in [-0.25, -0.2) is 0 Å². The van der Waals surface area contributed by atoms with E-state index in [1.807, 2.05) is 0 Å². The van der Waals surface area contributed by atoms with Crippen LogP contribution in [0.1, 0.15) is 30.4 Å². The fourth-order valence-corrected chi connectivity index (χ4v) is 2.18. The van der Waals surface area contributed by atoms with Crippen molar-refractivity contribution in [2.45, 2.75) is 25.8 Å². The van der Waals surface area contributed by atoms with Gasteiger partial charge in [-0.05, 0) is 43.6 Å². The Bertz CT molecular complexity index is 408. The highest BCUT2D eigenvalue weighted by atomic mass is 15.1. The molecule has 1 heterocycles. The molecule has 0 aliphatic carbocycles. The first kappa shape index (κ1) is 12.2. The van der Waals surface area contributed by atoms with Gasteiger partial charge in [0.1, 0.15) is 0 Å². The summed E-state index contributed by atoms with van der Waals surface area (Å²) in [6.45, 7) is 4.18. The summed E-state index contributed by atoms with van der Waals surface area (Å²) in [5, 5.41) is 0. The molecule has 90 valence electrons. The van der Waals surface area contributed by atoms with Gasteiger partial charge in [0.15, 0.2) is 0 Å². The third kappa shape index (κ3) is 3.89. The normalized spacial score (nSPS) is 15.6. The van der Waals surface area contributed by atoms with Gasteiger partial charge >= 0.3 is 0 Å². The molecule has 0 radical (unpaired) electrons. The van der Waals surface area contributed by atoms with Crippen molar-refractivity contribution < 1.29 is 0 Å². The van der Waals surface area contributed by atoms with Gasteiger partial charge in [-0.2, -0.15) is 0 Å². The molecule has 1 aromatic carbocycles. The van der Waals surface area contributed by atoms with Crippen LogP contribution in [-0.4, -0.2) is 24.5 Å². The first-order valence-electron chi connectivity index (χ1n) is 6.39. The molecule has 2 rings (SSSR count). The maximum Gasteiger partial charge on any atom is 0.0248 e. The summed E-state index contributed by atoms with van der Waals surface area (Å²) in [6.07, 6.45) is 3.46. The minimum atomic E-state index is 0.639. The minimum absolute atomic E-state index is 0.639. The first-order valence-corrected chi connectivity index (χ1v) is 6.39. The van der Waals surface area contributed by atoms with Gasteiger partial charge < -0.3 is 5.73 Å². The lowest BCUT2D eigenvalue weighted by molar-refractivity contribution is 0.331. The predicted molar refractivity (Wildman–Crippen MR) is 71.5 cm³/mol. The quantitative estimate of drug-likeness (QED) is 0.802. The number of nitrogens with two attached hydrogens (primary N) is 1. The molecule has 17 heavy (non-hydrogen) atoms. The van der Waals surface area contributed by atoms with Crippen LogP contribution in [0.2, 0.25) is 0 Å². The highest BCUT2D eigenvalue weighted by molar-refractivity contribution is 5.37. The second kappa shape index (κ2) is 6.44. The zero-order valence-electron chi connectivity index (χ0n) is 10.3. The van der Waals surface area contributed by atoms with E-state index in [0.29, 0.717) is 6.54 Å². The van der Waals surface area contributed by atoms with E-state index in [9.17, 15) is 0 Å². The van der Waals surface area contributed by atoms with Gasteiger partial charge in [0.25, 0.3) is 0 Å². The summed E-state index contributed by atoms with van der Waals surface area (Å²) in [6, 6.07) is 8.54. The summed E-state index contributed by atoms with van der Waals surface area (Å²) < 4.78 is 0. The Labute approximate surface area is 104 Å². The molecule has 1 fully saturated rings. The number of likely N-dealkylation sites (tertiary alicyclic amines) is 1. The highest BCUT2D eigenvalue weighted by Gasteiger charge is 2.11. The van der Waals surface area contributed by atoms with Crippen LogP contribution in [0, 0.1) is 11.8 Å². The number of hydrogen-bond donors (Lipinski definition) is 1. The summed E-state index contributed by atoms with van der Waals surface area (Å²) in [7, 11) is 0. The lowest BCUT2D eigenvalue weighted by Crippen LogP contribution is -2.18. The average molecular weight is 228 g/mol. The van der Waals surface area contributed by atoms with E-state index in [1.165, 1.54) is 31.5 Å². The van der Waals surface area contributed by atoms with E-state index in [0.717, 1.165) is 18.5 Å². The molecular weight excluding hydrogens is 208 g/mol. The van der Waals surface area contributed by atoms with Crippen LogP contribution >= 0.6 is 0 Å². The Kier molecular flexibility index (Phi) is 4.61. The van der Waals surface area contributed by atoms with Crippen LogP contribution in [0.15, 0.2) is 24.3 Å². The Morgan fingerprint density at radius 2 is 2.06 bits per heavy atom. The molecule has 2 N–H and O–H groups in total. The van der Waals surface area contributed by atoms with E-state index < -0.39 is 0 Å². The van der Waals surface area contributed by atoms with Crippen LogP contribution in [0.4, 0.5) is 0 Å². The molecule has 1 aliphatic rings. The highest BCUT2D eigenvalue weighted by Crippen LogP contribution is 2.13. The molecule has 2 heteroatoms. The minimum Gasteiger partial charge on any atom is -0.330 e. The average Bonchev–Trinajstić information content (AvgIpc) is 2.83. The van der Waals surface area contributed by atoms with Crippen molar-refractivity contribution in [3.05, 3.63) is 35.4 Å². The Hall–Kier alpha value is -1.30. The van der Waals surface area contributed by atoms with Crippen LogP contribution in [-0.2, 0) is 6.54 Å². The molecule has 0 aromatic heterocycles. The molecule has 1 saturated heterocycles. The smallest absolute Gasteiger partial charge is 0.0248 e. The Balaban J connectivity index is 1.98. The molecule has 0 unspecified atom stereocenters. The van der Waals surface area contributed by atoms with E-state index in [4.69, 9.17) is 5.73 Å². The van der Waals surface area contributed by atoms with Crippen molar-refractivity contribution in [3.8, 4) is 11.8 Å². The zero-order chi connectivity index (χ0) is 11.9. The fourth-order valence-electron chi connectivity index (χ4n) is 2.18. The maximum absolute atomic E-state index is 5.42. The van der Waals surface area contributed by atoms with Crippen LogP contribution in [0.3, 0.4) is 0 Å². The maximum atomic E-state index is 5.42. The molecule has 0 spiro atoms. The third-order valence-electron chi connectivity index (χ3n) is 3.03. The molecule has 0 bridgehead atoms. The van der Waals surface area contributed by atoms with Gasteiger partial charge in [-0.1, -0.05) is 24.0 Å². The summed E-state index contributed by atoms with van der Waals surface area (Å²) in [4.78, 5) is 2.51. The van der Waals surface area contributed by atoms with Crippen molar-refractivity contribution in [1.82, 2.24) is 4.90 Å². The molecule has 0 amide bonds. The van der Waals surface area contributed by atoms with Gasteiger partial charge in [0.2, 0.25) is 0 Å². The molecule has 0 saturated carbocycles. The monoisotopic (exact) mass is 228 g/mol. The summed E-state index contributed by atoms with van der Waals surface area (Å²) >= 11 is 0. The molecule has 0 atom stereocenters. The van der Waals surface area contributed by atoms with Crippen molar-refractivity contribution in [2.24, 2.45) is 5.73 Å². The third-order valence-corrected chi connectivity index (χ3v) is 3.03. The second-order valence-electron chi connectivity index (χ2n) is 4.52. The number of benzene rings is 1. The predicted octanol–water partition coefficient (Wildman–Crippen LogP) is 1.98. The molecular formula is C15H20N2. The molecule has 1 aromatic rings. The van der Waals surface area contributed by atoms with Gasteiger partial charge in [0.05, 0.1) is 0 Å². The van der Waals surface area contributed by atoms with Crippen molar-refractivity contribution >= 4 is 0 Å². The molecule has 2 nitrogen and oxygen atoms in total. The SMILES string of the molecule is NCCC#Cc1cccc(CN2CCCC2)c1. The zero-order valence-corrected chi connectivity index (χ0v) is 10.3. The van der Waals surface area contributed by atoms with Crippen molar-refractivity contribution in [1.29, 1.82) is 0 Å². The van der Waals surface area contributed by atoms with Gasteiger partial charge in [-0.3, -0.25) is 4.90 Å². The molecule has 1 aliphatic heterocycles.